The Morgan fingerprint density at radius 2 is 1.81 bits per heavy atom. The zero-order valence-corrected chi connectivity index (χ0v) is 16.6. The molecule has 0 radical (unpaired) electrons. The number of imide groups is 1. The van der Waals surface area contributed by atoms with Crippen molar-refractivity contribution in [1.29, 1.82) is 0 Å². The number of amides is 3. The van der Waals surface area contributed by atoms with Crippen molar-refractivity contribution in [2.24, 2.45) is 0 Å². The van der Waals surface area contributed by atoms with E-state index in [4.69, 9.17) is 14.6 Å². The predicted octanol–water partition coefficient (Wildman–Crippen LogP) is 1.86. The molecule has 1 fully saturated rings. The molecule has 2 heterocycles. The summed E-state index contributed by atoms with van der Waals surface area (Å²) in [6.07, 6.45) is 1.19. The van der Waals surface area contributed by atoms with Gasteiger partial charge < -0.3 is 19.5 Å². The van der Waals surface area contributed by atoms with Gasteiger partial charge in [0.2, 0.25) is 18.6 Å². The second-order valence-corrected chi connectivity index (χ2v) is 7.09. The van der Waals surface area contributed by atoms with E-state index in [0.29, 0.717) is 23.1 Å². The fraction of sp³-hybridized carbons (Fsp3) is 0.182. The summed E-state index contributed by atoms with van der Waals surface area (Å²) in [7, 11) is 0. The Labute approximate surface area is 181 Å². The highest BCUT2D eigenvalue weighted by Gasteiger charge is 2.44. The number of nitrogens with zero attached hydrogens (tertiary/aromatic N) is 2. The zero-order valence-electron chi connectivity index (χ0n) is 16.6. The molecule has 3 amide bonds. The number of anilines is 1. The second kappa shape index (κ2) is 8.50. The van der Waals surface area contributed by atoms with E-state index in [2.05, 4.69) is 0 Å². The van der Waals surface area contributed by atoms with E-state index in [0.717, 1.165) is 28.0 Å². The highest BCUT2D eigenvalue weighted by Crippen LogP contribution is 2.34. The summed E-state index contributed by atoms with van der Waals surface area (Å²) in [5.74, 6) is -2.83. The van der Waals surface area contributed by atoms with Gasteiger partial charge in [0, 0.05) is 18.7 Å². The number of carboxylic acids is 1. The van der Waals surface area contributed by atoms with E-state index in [9.17, 15) is 23.6 Å². The van der Waals surface area contributed by atoms with Crippen LogP contribution >= 0.6 is 0 Å². The highest BCUT2D eigenvalue weighted by atomic mass is 19.1. The van der Waals surface area contributed by atoms with Crippen molar-refractivity contribution in [2.45, 2.75) is 19.0 Å². The molecule has 1 N–H and O–H groups in total. The van der Waals surface area contributed by atoms with Gasteiger partial charge in [-0.25, -0.2) is 14.1 Å². The first-order valence-corrected chi connectivity index (χ1v) is 9.56. The Balaban J connectivity index is 1.64. The Morgan fingerprint density at radius 1 is 1.09 bits per heavy atom. The third-order valence-corrected chi connectivity index (χ3v) is 5.03. The molecule has 0 saturated carbocycles. The largest absolute Gasteiger partial charge is 0.478 e. The third kappa shape index (κ3) is 4.15. The smallest absolute Gasteiger partial charge is 0.328 e. The predicted molar refractivity (Wildman–Crippen MR) is 107 cm³/mol. The molecule has 0 aliphatic carbocycles. The molecule has 0 aromatic heterocycles. The summed E-state index contributed by atoms with van der Waals surface area (Å²) in [4.78, 5) is 51.4. The SMILES string of the molecule is O=C(O)C=CC(=O)N(Cc1ccc2c(c1)OCO2)[C@@H]1CC(=O)N(c2ccc(F)cc2)C1=O. The first kappa shape index (κ1) is 21.0. The average molecular weight is 440 g/mol. The molecular weight excluding hydrogens is 423 g/mol. The zero-order chi connectivity index (χ0) is 22.8. The van der Waals surface area contributed by atoms with Crippen molar-refractivity contribution in [1.82, 2.24) is 4.90 Å². The van der Waals surface area contributed by atoms with Crippen molar-refractivity contribution in [2.75, 3.05) is 11.7 Å². The van der Waals surface area contributed by atoms with Crippen LogP contribution in [0.3, 0.4) is 0 Å². The van der Waals surface area contributed by atoms with Gasteiger partial charge in [0.25, 0.3) is 5.91 Å². The van der Waals surface area contributed by atoms with E-state index < -0.39 is 35.5 Å². The lowest BCUT2D eigenvalue weighted by atomic mass is 10.1. The minimum absolute atomic E-state index is 0.0605. The van der Waals surface area contributed by atoms with Gasteiger partial charge in [-0.3, -0.25) is 14.4 Å². The number of aliphatic carboxylic acids is 1. The summed E-state index contributed by atoms with van der Waals surface area (Å²) in [6.45, 7) is -0.0224. The van der Waals surface area contributed by atoms with Gasteiger partial charge in [-0.1, -0.05) is 6.07 Å². The number of benzene rings is 2. The molecule has 2 aromatic carbocycles. The standard InChI is InChI=1S/C22H17FN2O7/c23-14-2-4-15(5-3-14)25-20(27)10-16(22(25)30)24(19(26)7-8-21(28)29)11-13-1-6-17-18(9-13)32-12-31-17/h1-9,16H,10-12H2,(H,28,29)/t16-/m1/s1. The number of hydrogen-bond acceptors (Lipinski definition) is 6. The van der Waals surface area contributed by atoms with E-state index in [1.807, 2.05) is 0 Å². The van der Waals surface area contributed by atoms with E-state index in [1.54, 1.807) is 18.2 Å². The summed E-state index contributed by atoms with van der Waals surface area (Å²) >= 11 is 0. The van der Waals surface area contributed by atoms with Crippen LogP contribution in [-0.2, 0) is 25.7 Å². The molecule has 9 nitrogen and oxygen atoms in total. The summed E-state index contributed by atoms with van der Waals surface area (Å²) in [5.41, 5.74) is 0.771. The van der Waals surface area contributed by atoms with E-state index in [1.165, 1.54) is 12.1 Å². The Morgan fingerprint density at radius 3 is 2.53 bits per heavy atom. The molecule has 32 heavy (non-hydrogen) atoms. The topological polar surface area (TPSA) is 113 Å². The molecule has 0 spiro atoms. The van der Waals surface area contributed by atoms with E-state index >= 15 is 0 Å². The van der Waals surface area contributed by atoms with Gasteiger partial charge in [-0.15, -0.1) is 0 Å². The molecule has 164 valence electrons. The highest BCUT2D eigenvalue weighted by molar-refractivity contribution is 6.23. The minimum Gasteiger partial charge on any atom is -0.478 e. The first-order chi connectivity index (χ1) is 15.3. The van der Waals surface area contributed by atoms with Crippen LogP contribution in [0.25, 0.3) is 0 Å². The van der Waals surface area contributed by atoms with Crippen molar-refractivity contribution >= 4 is 29.4 Å². The van der Waals surface area contributed by atoms with Crippen LogP contribution in [-0.4, -0.2) is 46.5 Å². The molecule has 2 aromatic rings. The van der Waals surface area contributed by atoms with Crippen molar-refractivity contribution in [3.8, 4) is 11.5 Å². The average Bonchev–Trinajstić information content (AvgIpc) is 3.34. The molecule has 0 unspecified atom stereocenters. The van der Waals surface area contributed by atoms with E-state index in [-0.39, 0.29) is 25.4 Å². The summed E-state index contributed by atoms with van der Waals surface area (Å²) in [6, 6.07) is 8.63. The van der Waals surface area contributed by atoms with Gasteiger partial charge in [0.05, 0.1) is 12.1 Å². The van der Waals surface area contributed by atoms with Crippen molar-refractivity contribution < 1.29 is 38.1 Å². The van der Waals surface area contributed by atoms with Gasteiger partial charge in [0.1, 0.15) is 11.9 Å². The van der Waals surface area contributed by atoms with Crippen LogP contribution < -0.4 is 14.4 Å². The maximum Gasteiger partial charge on any atom is 0.328 e. The number of carbonyl (C=O) groups excluding carboxylic acids is 3. The maximum atomic E-state index is 13.2. The number of carbonyl (C=O) groups is 4. The van der Waals surface area contributed by atoms with Crippen molar-refractivity contribution in [3.05, 3.63) is 66.0 Å². The molecule has 4 rings (SSSR count). The number of fused-ring (bicyclic) bond motifs is 1. The van der Waals surface area contributed by atoms with Crippen LogP contribution in [0.4, 0.5) is 10.1 Å². The normalized spacial score (nSPS) is 17.3. The van der Waals surface area contributed by atoms with Gasteiger partial charge >= 0.3 is 5.97 Å². The molecule has 2 aliphatic rings. The number of hydrogen-bond donors (Lipinski definition) is 1. The second-order valence-electron chi connectivity index (χ2n) is 7.09. The number of ether oxygens (including phenoxy) is 2. The quantitative estimate of drug-likeness (QED) is 0.539. The van der Waals surface area contributed by atoms with Crippen LogP contribution in [0.5, 0.6) is 11.5 Å². The fourth-order valence-corrected chi connectivity index (χ4v) is 3.54. The molecule has 1 atom stereocenters. The van der Waals surface area contributed by atoms with Gasteiger partial charge in [-0.05, 0) is 42.0 Å². The number of halogens is 1. The fourth-order valence-electron chi connectivity index (χ4n) is 3.54. The lowest BCUT2D eigenvalue weighted by Gasteiger charge is -2.26. The van der Waals surface area contributed by atoms with Crippen molar-refractivity contribution in [3.63, 3.8) is 0 Å². The van der Waals surface area contributed by atoms with Crippen LogP contribution in [0.1, 0.15) is 12.0 Å². The molecular formula is C22H17FN2O7. The first-order valence-electron chi connectivity index (χ1n) is 9.56. The van der Waals surface area contributed by atoms with Crippen LogP contribution in [0, 0.1) is 5.82 Å². The lowest BCUT2D eigenvalue weighted by Crippen LogP contribution is -2.44. The Bertz CT molecular complexity index is 1130. The molecule has 10 heteroatoms. The van der Waals surface area contributed by atoms with Gasteiger partial charge in [0.15, 0.2) is 11.5 Å². The number of rotatable bonds is 6. The summed E-state index contributed by atoms with van der Waals surface area (Å²) < 4.78 is 23.8. The molecule has 1 saturated heterocycles. The minimum atomic E-state index is -1.33. The van der Waals surface area contributed by atoms with Crippen LogP contribution in [0.2, 0.25) is 0 Å². The molecule has 0 bridgehead atoms. The monoisotopic (exact) mass is 440 g/mol. The third-order valence-electron chi connectivity index (χ3n) is 5.03. The van der Waals surface area contributed by atoms with Gasteiger partial charge in [-0.2, -0.15) is 0 Å². The lowest BCUT2D eigenvalue weighted by molar-refractivity contribution is -0.135. The Hall–Kier alpha value is -4.21. The Kier molecular flexibility index (Phi) is 5.59. The number of carboxylic acid groups (broad SMARTS) is 1. The molecule has 2 aliphatic heterocycles. The summed E-state index contributed by atoms with van der Waals surface area (Å²) in [5, 5.41) is 8.86. The van der Waals surface area contributed by atoms with Crippen LogP contribution in [0.15, 0.2) is 54.6 Å². The maximum absolute atomic E-state index is 13.2.